The highest BCUT2D eigenvalue weighted by atomic mass is 16.5. The van der Waals surface area contributed by atoms with Gasteiger partial charge in [-0.1, -0.05) is 68.4 Å². The Hall–Kier alpha value is -3.64. The van der Waals surface area contributed by atoms with E-state index in [9.17, 15) is 9.59 Å². The van der Waals surface area contributed by atoms with Crippen molar-refractivity contribution in [2.24, 2.45) is 5.92 Å². The molecule has 0 aliphatic carbocycles. The van der Waals surface area contributed by atoms with Crippen molar-refractivity contribution in [1.29, 1.82) is 0 Å². The fourth-order valence-electron chi connectivity index (χ4n) is 5.03. The lowest BCUT2D eigenvalue weighted by Crippen LogP contribution is -2.36. The van der Waals surface area contributed by atoms with Gasteiger partial charge in [-0.25, -0.2) is 0 Å². The van der Waals surface area contributed by atoms with E-state index in [1.54, 1.807) is 13.2 Å². The fraction of sp³-hybridized carbons (Fsp3) is 0.375. The van der Waals surface area contributed by atoms with E-state index >= 15 is 0 Å². The molecule has 4 rings (SSSR count). The van der Waals surface area contributed by atoms with E-state index in [1.165, 1.54) is 5.56 Å². The minimum absolute atomic E-state index is 0.0406. The van der Waals surface area contributed by atoms with Crippen molar-refractivity contribution in [3.8, 4) is 5.75 Å². The zero-order valence-corrected chi connectivity index (χ0v) is 22.7. The molecule has 3 aromatic carbocycles. The van der Waals surface area contributed by atoms with Crippen LogP contribution in [0.2, 0.25) is 0 Å². The number of amides is 2. The Morgan fingerprint density at radius 2 is 1.66 bits per heavy atom. The van der Waals surface area contributed by atoms with Gasteiger partial charge in [-0.15, -0.1) is 0 Å². The summed E-state index contributed by atoms with van der Waals surface area (Å²) in [6.07, 6.45) is 2.97. The molecule has 6 heteroatoms. The number of hydrogen-bond donors (Lipinski definition) is 2. The number of carbonyl (C=O) groups is 2. The smallest absolute Gasteiger partial charge is 0.255 e. The van der Waals surface area contributed by atoms with Crippen LogP contribution >= 0.6 is 0 Å². The second-order valence-electron chi connectivity index (χ2n) is 10.3. The third kappa shape index (κ3) is 7.23. The van der Waals surface area contributed by atoms with Gasteiger partial charge < -0.3 is 20.3 Å². The molecule has 0 bridgehead atoms. The standard InChI is InChI=1S/C32H39N3O3/c1-23(2)31(36)33-27-13-9-12-26(22-27)24-16-19-35(20-17-24)21-18-29(25-10-5-4-6-11-25)34-32(37)28-14-7-8-15-30(28)38-3/h4-15,22-24,29H,16-21H2,1-3H3,(H,33,36)(H,34,37)/t29-/m0/s1. The van der Waals surface area contributed by atoms with Crippen LogP contribution in [0.3, 0.4) is 0 Å². The molecule has 1 aliphatic heterocycles. The maximum Gasteiger partial charge on any atom is 0.255 e. The van der Waals surface area contributed by atoms with E-state index < -0.39 is 0 Å². The van der Waals surface area contributed by atoms with Gasteiger partial charge in [0, 0.05) is 18.2 Å². The lowest BCUT2D eigenvalue weighted by Gasteiger charge is -2.33. The maximum atomic E-state index is 13.2. The van der Waals surface area contributed by atoms with Crippen molar-refractivity contribution < 1.29 is 14.3 Å². The highest BCUT2D eigenvalue weighted by molar-refractivity contribution is 5.97. The molecule has 3 aromatic rings. The van der Waals surface area contributed by atoms with Gasteiger partial charge in [0.2, 0.25) is 5.91 Å². The molecule has 0 unspecified atom stereocenters. The van der Waals surface area contributed by atoms with Crippen molar-refractivity contribution >= 4 is 17.5 Å². The summed E-state index contributed by atoms with van der Waals surface area (Å²) in [4.78, 5) is 27.8. The molecular weight excluding hydrogens is 474 g/mol. The third-order valence-corrected chi connectivity index (χ3v) is 7.33. The topological polar surface area (TPSA) is 70.7 Å². The monoisotopic (exact) mass is 513 g/mol. The summed E-state index contributed by atoms with van der Waals surface area (Å²) in [6.45, 7) is 6.73. The summed E-state index contributed by atoms with van der Waals surface area (Å²) >= 11 is 0. The zero-order valence-electron chi connectivity index (χ0n) is 22.7. The number of benzene rings is 3. The molecule has 1 fully saturated rings. The second kappa shape index (κ2) is 13.2. The number of hydrogen-bond acceptors (Lipinski definition) is 4. The van der Waals surface area contributed by atoms with E-state index in [4.69, 9.17) is 4.74 Å². The van der Waals surface area contributed by atoms with Gasteiger partial charge in [-0.2, -0.15) is 0 Å². The quantitative estimate of drug-likeness (QED) is 0.347. The number of anilines is 1. The first-order chi connectivity index (χ1) is 18.4. The van der Waals surface area contributed by atoms with Crippen LogP contribution in [-0.4, -0.2) is 43.5 Å². The highest BCUT2D eigenvalue weighted by Gasteiger charge is 2.23. The van der Waals surface area contributed by atoms with Crippen LogP contribution in [0.4, 0.5) is 5.69 Å². The SMILES string of the molecule is COc1ccccc1C(=O)N[C@@H](CCN1CCC(c2cccc(NC(=O)C(C)C)c2)CC1)c1ccccc1. The molecule has 0 aromatic heterocycles. The van der Waals surface area contributed by atoms with Crippen LogP contribution in [0.25, 0.3) is 0 Å². The highest BCUT2D eigenvalue weighted by Crippen LogP contribution is 2.30. The van der Waals surface area contributed by atoms with Crippen molar-refractivity contribution in [2.45, 2.75) is 45.1 Å². The van der Waals surface area contributed by atoms with Crippen LogP contribution in [-0.2, 0) is 4.79 Å². The van der Waals surface area contributed by atoms with Gasteiger partial charge in [0.1, 0.15) is 5.75 Å². The minimum atomic E-state index is -0.126. The predicted octanol–water partition coefficient (Wildman–Crippen LogP) is 6.03. The number of carbonyl (C=O) groups excluding carboxylic acids is 2. The molecule has 200 valence electrons. The Balaban J connectivity index is 1.35. The Kier molecular flexibility index (Phi) is 9.55. The molecule has 1 saturated heterocycles. The van der Waals surface area contributed by atoms with Gasteiger partial charge in [0.25, 0.3) is 5.91 Å². The number of methoxy groups -OCH3 is 1. The summed E-state index contributed by atoms with van der Waals surface area (Å²) in [5, 5.41) is 6.27. The number of ether oxygens (including phenoxy) is 1. The van der Waals surface area contributed by atoms with Crippen molar-refractivity contribution in [1.82, 2.24) is 10.2 Å². The van der Waals surface area contributed by atoms with E-state index in [-0.39, 0.29) is 23.8 Å². The molecule has 0 saturated carbocycles. The molecule has 6 nitrogen and oxygen atoms in total. The normalized spacial score (nSPS) is 15.2. The number of nitrogens with one attached hydrogen (secondary N) is 2. The van der Waals surface area contributed by atoms with Crippen molar-refractivity contribution in [2.75, 3.05) is 32.1 Å². The Morgan fingerprint density at radius 1 is 0.947 bits per heavy atom. The van der Waals surface area contributed by atoms with Crippen molar-refractivity contribution in [3.63, 3.8) is 0 Å². The number of para-hydroxylation sites is 1. The summed E-state index contributed by atoms with van der Waals surface area (Å²) in [6, 6.07) is 25.7. The van der Waals surface area contributed by atoms with Crippen LogP contribution < -0.4 is 15.4 Å². The van der Waals surface area contributed by atoms with Crippen molar-refractivity contribution in [3.05, 3.63) is 95.6 Å². The molecule has 1 heterocycles. The lowest BCUT2D eigenvalue weighted by molar-refractivity contribution is -0.118. The number of piperidine rings is 1. The average Bonchev–Trinajstić information content (AvgIpc) is 2.96. The number of nitrogens with zero attached hydrogens (tertiary/aromatic N) is 1. The lowest BCUT2D eigenvalue weighted by atomic mass is 9.89. The zero-order chi connectivity index (χ0) is 26.9. The predicted molar refractivity (Wildman–Crippen MR) is 153 cm³/mol. The first-order valence-electron chi connectivity index (χ1n) is 13.6. The summed E-state index contributed by atoms with van der Waals surface area (Å²) < 4.78 is 5.40. The van der Waals surface area contributed by atoms with Gasteiger partial charge in [0.05, 0.1) is 18.7 Å². The molecule has 0 spiro atoms. The largest absolute Gasteiger partial charge is 0.496 e. The molecular formula is C32H39N3O3. The van der Waals surface area contributed by atoms with Crippen LogP contribution in [0, 0.1) is 5.92 Å². The maximum absolute atomic E-state index is 13.2. The second-order valence-corrected chi connectivity index (χ2v) is 10.3. The van der Waals surface area contributed by atoms with Gasteiger partial charge in [-0.3, -0.25) is 9.59 Å². The van der Waals surface area contributed by atoms with Gasteiger partial charge >= 0.3 is 0 Å². The van der Waals surface area contributed by atoms with E-state index in [0.717, 1.165) is 50.1 Å². The Morgan fingerprint density at radius 3 is 2.37 bits per heavy atom. The van der Waals surface area contributed by atoms with Crippen LogP contribution in [0.5, 0.6) is 5.75 Å². The van der Waals surface area contributed by atoms with E-state index in [1.807, 2.05) is 62.4 Å². The van der Waals surface area contributed by atoms with E-state index in [2.05, 4.69) is 39.8 Å². The summed E-state index contributed by atoms with van der Waals surface area (Å²) in [5.41, 5.74) is 3.81. The molecule has 0 radical (unpaired) electrons. The first kappa shape index (κ1) is 27.4. The molecule has 2 N–H and O–H groups in total. The Bertz CT molecular complexity index is 1200. The van der Waals surface area contributed by atoms with Gasteiger partial charge in [0.15, 0.2) is 0 Å². The van der Waals surface area contributed by atoms with Crippen LogP contribution in [0.1, 0.15) is 66.6 Å². The number of likely N-dealkylation sites (tertiary alicyclic amines) is 1. The third-order valence-electron chi connectivity index (χ3n) is 7.33. The summed E-state index contributed by atoms with van der Waals surface area (Å²) in [7, 11) is 1.59. The number of rotatable bonds is 10. The van der Waals surface area contributed by atoms with Crippen LogP contribution in [0.15, 0.2) is 78.9 Å². The molecule has 2 amide bonds. The first-order valence-corrected chi connectivity index (χ1v) is 13.6. The van der Waals surface area contributed by atoms with E-state index in [0.29, 0.717) is 17.2 Å². The molecule has 1 atom stereocenters. The minimum Gasteiger partial charge on any atom is -0.496 e. The Labute approximate surface area is 226 Å². The average molecular weight is 514 g/mol. The fourth-order valence-corrected chi connectivity index (χ4v) is 5.03. The molecule has 1 aliphatic rings. The summed E-state index contributed by atoms with van der Waals surface area (Å²) in [5.74, 6) is 0.937. The van der Waals surface area contributed by atoms with Gasteiger partial charge in [-0.05, 0) is 73.7 Å². The molecule has 38 heavy (non-hydrogen) atoms.